The van der Waals surface area contributed by atoms with Crippen molar-refractivity contribution in [2.75, 3.05) is 13.2 Å². The third-order valence-electron chi connectivity index (χ3n) is 5.52. The number of hydrogen-bond acceptors (Lipinski definition) is 5. The first-order valence-electron chi connectivity index (χ1n) is 9.69. The minimum absolute atomic E-state index is 0.0507. The van der Waals surface area contributed by atoms with Crippen LogP contribution in [0.5, 0.6) is 0 Å². The second-order valence-corrected chi connectivity index (χ2v) is 7.46. The van der Waals surface area contributed by atoms with Gasteiger partial charge in [-0.15, -0.1) is 0 Å². The fraction of sp³-hybridized carbons (Fsp3) is 0.409. The van der Waals surface area contributed by atoms with Crippen molar-refractivity contribution in [1.82, 2.24) is 9.88 Å². The lowest BCUT2D eigenvalue weighted by Gasteiger charge is -2.47. The monoisotopic (exact) mass is 380 g/mol. The Morgan fingerprint density at radius 1 is 1.00 bits per heavy atom. The van der Waals surface area contributed by atoms with Gasteiger partial charge in [0.2, 0.25) is 0 Å². The number of piperidine rings is 1. The zero-order valence-electron chi connectivity index (χ0n) is 15.7. The third-order valence-corrected chi connectivity index (χ3v) is 5.52. The van der Waals surface area contributed by atoms with Crippen LogP contribution in [0.1, 0.15) is 24.0 Å². The molecule has 2 aliphatic heterocycles. The smallest absolute Gasteiger partial charge is 0.410 e. The third kappa shape index (κ3) is 4.22. The molecular formula is C22H24N2O4. The molecule has 2 aromatic rings. The summed E-state index contributed by atoms with van der Waals surface area (Å²) in [5, 5.41) is 0. The van der Waals surface area contributed by atoms with Gasteiger partial charge in [0.1, 0.15) is 12.4 Å². The van der Waals surface area contributed by atoms with E-state index in [1.54, 1.807) is 17.3 Å². The number of benzene rings is 1. The highest BCUT2D eigenvalue weighted by molar-refractivity contribution is 5.83. The average Bonchev–Trinajstić information content (AvgIpc) is 2.72. The first kappa shape index (κ1) is 18.6. The predicted octanol–water partition coefficient (Wildman–Crippen LogP) is 3.01. The molecule has 2 aliphatic rings. The molecule has 2 fully saturated rings. The van der Waals surface area contributed by atoms with E-state index in [0.717, 1.165) is 11.1 Å². The molecule has 6 heteroatoms. The largest absolute Gasteiger partial charge is 0.445 e. The Labute approximate surface area is 164 Å². The summed E-state index contributed by atoms with van der Waals surface area (Å²) in [6, 6.07) is 13.2. The number of carbonyl (C=O) groups is 2. The maximum Gasteiger partial charge on any atom is 0.410 e. The van der Waals surface area contributed by atoms with Crippen molar-refractivity contribution in [2.45, 2.75) is 38.0 Å². The maximum absolute atomic E-state index is 12.8. The van der Waals surface area contributed by atoms with E-state index in [0.29, 0.717) is 32.5 Å². The van der Waals surface area contributed by atoms with Gasteiger partial charge in [-0.3, -0.25) is 14.7 Å². The molecular weight excluding hydrogens is 356 g/mol. The number of carbonyl (C=O) groups excluding carboxylic acids is 2. The van der Waals surface area contributed by atoms with E-state index in [-0.39, 0.29) is 36.5 Å². The number of hydrogen-bond donors (Lipinski definition) is 0. The molecule has 4 rings (SSSR count). The number of rotatable bonds is 5. The fourth-order valence-electron chi connectivity index (χ4n) is 4.12. The van der Waals surface area contributed by atoms with Gasteiger partial charge in [-0.25, -0.2) is 4.79 Å². The molecule has 6 nitrogen and oxygen atoms in total. The van der Waals surface area contributed by atoms with Crippen LogP contribution in [0, 0.1) is 5.92 Å². The number of nitrogens with zero attached hydrogens (tertiary/aromatic N) is 2. The Hall–Kier alpha value is -2.73. The summed E-state index contributed by atoms with van der Waals surface area (Å²) in [5.41, 5.74) is 1.94. The first-order valence-corrected chi connectivity index (χ1v) is 9.69. The summed E-state index contributed by atoms with van der Waals surface area (Å²) < 4.78 is 11.2. The summed E-state index contributed by atoms with van der Waals surface area (Å²) in [6.07, 6.45) is 4.75. The molecule has 0 aliphatic carbocycles. The summed E-state index contributed by atoms with van der Waals surface area (Å²) >= 11 is 0. The molecule has 2 saturated heterocycles. The van der Waals surface area contributed by atoms with Crippen LogP contribution in [0.3, 0.4) is 0 Å². The fourth-order valence-corrected chi connectivity index (χ4v) is 4.12. The highest BCUT2D eigenvalue weighted by Gasteiger charge is 2.44. The topological polar surface area (TPSA) is 68.7 Å². The van der Waals surface area contributed by atoms with E-state index in [4.69, 9.17) is 9.47 Å². The van der Waals surface area contributed by atoms with Crippen molar-refractivity contribution < 1.29 is 19.1 Å². The number of fused-ring (bicyclic) bond motifs is 2. The van der Waals surface area contributed by atoms with E-state index in [1.807, 2.05) is 42.5 Å². The molecule has 0 spiro atoms. The average molecular weight is 380 g/mol. The lowest BCUT2D eigenvalue weighted by atomic mass is 9.81. The zero-order valence-corrected chi connectivity index (χ0v) is 15.7. The minimum Gasteiger partial charge on any atom is -0.445 e. The van der Waals surface area contributed by atoms with Crippen LogP contribution in [-0.4, -0.2) is 47.1 Å². The normalized spacial score (nSPS) is 23.9. The molecule has 0 N–H and O–H groups in total. The van der Waals surface area contributed by atoms with E-state index >= 15 is 0 Å². The number of ketones is 1. The SMILES string of the molecule is O=C(Cc1ccncc1)C1CC2COCC(C1)N2C(=O)OCc1ccccc1. The van der Waals surface area contributed by atoms with E-state index in [2.05, 4.69) is 4.98 Å². The van der Waals surface area contributed by atoms with E-state index < -0.39 is 0 Å². The molecule has 28 heavy (non-hydrogen) atoms. The molecule has 1 aromatic heterocycles. The van der Waals surface area contributed by atoms with Crippen LogP contribution in [0.25, 0.3) is 0 Å². The number of ether oxygens (including phenoxy) is 2. The lowest BCUT2D eigenvalue weighted by Crippen LogP contribution is -2.60. The first-order chi connectivity index (χ1) is 13.7. The van der Waals surface area contributed by atoms with Gasteiger partial charge in [0.15, 0.2) is 0 Å². The highest BCUT2D eigenvalue weighted by atomic mass is 16.6. The summed E-state index contributed by atoms with van der Waals surface area (Å²) in [5.74, 6) is 0.172. The van der Waals surface area contributed by atoms with Gasteiger partial charge in [0, 0.05) is 24.7 Å². The van der Waals surface area contributed by atoms with Crippen molar-refractivity contribution in [2.24, 2.45) is 5.92 Å². The van der Waals surface area contributed by atoms with Crippen molar-refractivity contribution in [3.8, 4) is 0 Å². The van der Waals surface area contributed by atoms with Gasteiger partial charge in [-0.1, -0.05) is 30.3 Å². The van der Waals surface area contributed by atoms with Gasteiger partial charge >= 0.3 is 6.09 Å². The Morgan fingerprint density at radius 2 is 1.68 bits per heavy atom. The molecule has 3 heterocycles. The van der Waals surface area contributed by atoms with Gasteiger partial charge in [0.25, 0.3) is 0 Å². The van der Waals surface area contributed by atoms with E-state index in [9.17, 15) is 9.59 Å². The number of amides is 1. The molecule has 2 unspecified atom stereocenters. The van der Waals surface area contributed by atoms with Crippen LogP contribution in [0.4, 0.5) is 4.79 Å². The zero-order chi connectivity index (χ0) is 19.3. The van der Waals surface area contributed by atoms with Gasteiger partial charge in [-0.2, -0.15) is 0 Å². The van der Waals surface area contributed by atoms with Crippen LogP contribution >= 0.6 is 0 Å². The van der Waals surface area contributed by atoms with Crippen LogP contribution in [0.15, 0.2) is 54.9 Å². The second kappa shape index (κ2) is 8.52. The summed E-state index contributed by atoms with van der Waals surface area (Å²) in [7, 11) is 0. The number of pyridine rings is 1. The van der Waals surface area contributed by atoms with Gasteiger partial charge in [-0.05, 0) is 36.1 Å². The molecule has 2 atom stereocenters. The molecule has 2 bridgehead atoms. The second-order valence-electron chi connectivity index (χ2n) is 7.46. The van der Waals surface area contributed by atoms with Crippen LogP contribution < -0.4 is 0 Å². The summed E-state index contributed by atoms with van der Waals surface area (Å²) in [4.78, 5) is 31.3. The molecule has 1 amide bonds. The Morgan fingerprint density at radius 3 is 2.36 bits per heavy atom. The molecule has 1 aromatic carbocycles. The predicted molar refractivity (Wildman–Crippen MR) is 103 cm³/mol. The van der Waals surface area contributed by atoms with Crippen LogP contribution in [-0.2, 0) is 27.3 Å². The van der Waals surface area contributed by atoms with Crippen molar-refractivity contribution in [3.63, 3.8) is 0 Å². The quantitative estimate of drug-likeness (QED) is 0.798. The Kier molecular flexibility index (Phi) is 5.67. The summed E-state index contributed by atoms with van der Waals surface area (Å²) in [6.45, 7) is 1.16. The number of aromatic nitrogens is 1. The molecule has 0 saturated carbocycles. The number of morpholine rings is 1. The van der Waals surface area contributed by atoms with Crippen molar-refractivity contribution >= 4 is 11.9 Å². The van der Waals surface area contributed by atoms with Crippen LogP contribution in [0.2, 0.25) is 0 Å². The molecule has 0 radical (unpaired) electrons. The highest BCUT2D eigenvalue weighted by Crippen LogP contribution is 2.33. The minimum atomic E-state index is -0.317. The maximum atomic E-state index is 12.8. The number of Topliss-reactive ketones (excluding diaryl/α,β-unsaturated/α-hetero) is 1. The van der Waals surface area contributed by atoms with Gasteiger partial charge < -0.3 is 9.47 Å². The molecule has 146 valence electrons. The van der Waals surface area contributed by atoms with Gasteiger partial charge in [0.05, 0.1) is 25.3 Å². The Balaban J connectivity index is 1.37. The van der Waals surface area contributed by atoms with Crippen molar-refractivity contribution in [1.29, 1.82) is 0 Å². The standard InChI is InChI=1S/C22H24N2O4/c25-21(10-16-6-8-23-9-7-16)18-11-19-14-27-15-20(12-18)24(19)22(26)28-13-17-4-2-1-3-5-17/h1-9,18-20H,10-15H2. The Bertz CT molecular complexity index is 798. The lowest BCUT2D eigenvalue weighted by molar-refractivity contribution is -0.130. The van der Waals surface area contributed by atoms with Crippen molar-refractivity contribution in [3.05, 3.63) is 66.0 Å². The van der Waals surface area contributed by atoms with E-state index in [1.165, 1.54) is 0 Å².